The van der Waals surface area contributed by atoms with E-state index in [0.29, 0.717) is 24.5 Å². The Morgan fingerprint density at radius 1 is 1.00 bits per heavy atom. The molecule has 1 heterocycles. The van der Waals surface area contributed by atoms with Crippen molar-refractivity contribution in [2.24, 2.45) is 23.2 Å². The fraction of sp³-hybridized carbons (Fsp3) is 0.650. The molecular formula is C20H25NO2. The third-order valence-electron chi connectivity index (χ3n) is 6.90. The Kier molecular flexibility index (Phi) is 3.09. The van der Waals surface area contributed by atoms with E-state index in [0.717, 1.165) is 23.3 Å². The van der Waals surface area contributed by atoms with Crippen molar-refractivity contribution in [1.82, 2.24) is 5.06 Å². The zero-order chi connectivity index (χ0) is 15.4. The fourth-order valence-corrected chi connectivity index (χ4v) is 6.33. The number of amides is 1. The van der Waals surface area contributed by atoms with E-state index < -0.39 is 0 Å². The first-order valence-electron chi connectivity index (χ1n) is 9.21. The van der Waals surface area contributed by atoms with Gasteiger partial charge in [0.05, 0.1) is 12.5 Å². The average Bonchev–Trinajstić information content (AvgIpc) is 2.52. The number of hydrogen-bond acceptors (Lipinski definition) is 2. The van der Waals surface area contributed by atoms with Crippen molar-refractivity contribution in [1.29, 1.82) is 0 Å². The Labute approximate surface area is 138 Å². The van der Waals surface area contributed by atoms with Crippen LogP contribution in [-0.4, -0.2) is 17.0 Å². The molecule has 5 aliphatic rings. The van der Waals surface area contributed by atoms with Crippen molar-refractivity contribution >= 4 is 5.91 Å². The molecular weight excluding hydrogens is 286 g/mol. The van der Waals surface area contributed by atoms with Gasteiger partial charge >= 0.3 is 0 Å². The summed E-state index contributed by atoms with van der Waals surface area (Å²) in [6, 6.07) is 10.5. The van der Waals surface area contributed by atoms with Gasteiger partial charge in [-0.05, 0) is 67.3 Å². The van der Waals surface area contributed by atoms with Gasteiger partial charge in [-0.2, -0.15) is 0 Å². The molecule has 23 heavy (non-hydrogen) atoms. The number of carbonyl (C=O) groups is 1. The Hall–Kier alpha value is -1.35. The molecule has 5 fully saturated rings. The largest absolute Gasteiger partial charge is 0.272 e. The van der Waals surface area contributed by atoms with Gasteiger partial charge in [-0.25, -0.2) is 5.06 Å². The molecule has 1 aliphatic heterocycles. The summed E-state index contributed by atoms with van der Waals surface area (Å²) in [5.74, 6) is 2.95. The molecule has 0 aromatic heterocycles. The molecule has 3 heteroatoms. The second-order valence-electron chi connectivity index (χ2n) is 8.48. The molecule has 4 bridgehead atoms. The van der Waals surface area contributed by atoms with E-state index in [-0.39, 0.29) is 5.91 Å². The van der Waals surface area contributed by atoms with Crippen LogP contribution in [-0.2, 0) is 16.2 Å². The minimum atomic E-state index is 0.182. The van der Waals surface area contributed by atoms with Gasteiger partial charge in [0, 0.05) is 0 Å². The van der Waals surface area contributed by atoms with Crippen LogP contribution < -0.4 is 0 Å². The van der Waals surface area contributed by atoms with Crippen molar-refractivity contribution in [3.63, 3.8) is 0 Å². The zero-order valence-corrected chi connectivity index (χ0v) is 13.6. The maximum Gasteiger partial charge on any atom is 0.248 e. The van der Waals surface area contributed by atoms with Crippen LogP contribution in [0.2, 0.25) is 0 Å². The summed E-state index contributed by atoms with van der Waals surface area (Å²) in [6.45, 7) is 0.509. The van der Waals surface area contributed by atoms with Crippen molar-refractivity contribution < 1.29 is 9.63 Å². The van der Waals surface area contributed by atoms with Crippen LogP contribution in [0.25, 0.3) is 0 Å². The topological polar surface area (TPSA) is 29.5 Å². The van der Waals surface area contributed by atoms with Gasteiger partial charge in [0.15, 0.2) is 0 Å². The Bertz CT molecular complexity index is 576. The number of rotatable bonds is 4. The molecule has 4 saturated carbocycles. The molecule has 1 aromatic rings. The molecule has 0 spiro atoms. The van der Waals surface area contributed by atoms with Gasteiger partial charge in [-0.1, -0.05) is 30.3 Å². The van der Waals surface area contributed by atoms with Crippen LogP contribution in [0.4, 0.5) is 0 Å². The van der Waals surface area contributed by atoms with Gasteiger partial charge in [-0.15, -0.1) is 0 Å². The molecule has 4 aliphatic carbocycles. The minimum absolute atomic E-state index is 0.182. The number of benzene rings is 1. The third-order valence-corrected chi connectivity index (χ3v) is 6.90. The summed E-state index contributed by atoms with van der Waals surface area (Å²) in [7, 11) is 0. The van der Waals surface area contributed by atoms with E-state index in [1.54, 1.807) is 5.06 Å². The first kappa shape index (κ1) is 14.0. The lowest BCUT2D eigenvalue weighted by Gasteiger charge is -2.62. The standard InChI is InChI=1S/C20H25NO2/c22-19-9-18(21(19)23-13-14-4-2-1-3-5-14)20-10-15-6-16(11-20)8-17(7-15)12-20/h1-5,15-18H,6-13H2. The van der Waals surface area contributed by atoms with Crippen molar-refractivity contribution in [2.45, 2.75) is 57.6 Å². The maximum absolute atomic E-state index is 12.2. The number of nitrogens with zero attached hydrogens (tertiary/aromatic N) is 1. The molecule has 0 N–H and O–H groups in total. The van der Waals surface area contributed by atoms with E-state index in [1.807, 2.05) is 18.2 Å². The van der Waals surface area contributed by atoms with Gasteiger partial charge in [0.25, 0.3) is 0 Å². The summed E-state index contributed by atoms with van der Waals surface area (Å²) in [5, 5.41) is 1.75. The Morgan fingerprint density at radius 3 is 2.17 bits per heavy atom. The second kappa shape index (κ2) is 5.07. The number of hydroxylamine groups is 2. The Morgan fingerprint density at radius 2 is 1.61 bits per heavy atom. The second-order valence-corrected chi connectivity index (χ2v) is 8.48. The smallest absolute Gasteiger partial charge is 0.248 e. The van der Waals surface area contributed by atoms with Crippen LogP contribution in [0.3, 0.4) is 0 Å². The van der Waals surface area contributed by atoms with E-state index in [4.69, 9.17) is 4.84 Å². The van der Waals surface area contributed by atoms with Crippen LogP contribution >= 0.6 is 0 Å². The molecule has 1 saturated heterocycles. The van der Waals surface area contributed by atoms with E-state index >= 15 is 0 Å². The first-order chi connectivity index (χ1) is 11.2. The molecule has 1 atom stereocenters. The maximum atomic E-state index is 12.2. The molecule has 1 aromatic carbocycles. The fourth-order valence-electron chi connectivity index (χ4n) is 6.33. The minimum Gasteiger partial charge on any atom is -0.272 e. The first-order valence-corrected chi connectivity index (χ1v) is 9.21. The van der Waals surface area contributed by atoms with Gasteiger partial charge in [-0.3, -0.25) is 9.63 Å². The number of carbonyl (C=O) groups excluding carboxylic acids is 1. The predicted octanol–water partition coefficient (Wildman–Crippen LogP) is 3.94. The third kappa shape index (κ3) is 2.24. The highest BCUT2D eigenvalue weighted by Gasteiger charge is 2.59. The van der Waals surface area contributed by atoms with Crippen LogP contribution in [0, 0.1) is 23.2 Å². The monoisotopic (exact) mass is 311 g/mol. The highest BCUT2D eigenvalue weighted by molar-refractivity contribution is 5.82. The average molecular weight is 311 g/mol. The lowest BCUT2D eigenvalue weighted by Crippen LogP contribution is -2.64. The van der Waals surface area contributed by atoms with Crippen LogP contribution in [0.5, 0.6) is 0 Å². The van der Waals surface area contributed by atoms with Crippen molar-refractivity contribution in [3.8, 4) is 0 Å². The molecule has 0 radical (unpaired) electrons. The summed E-state index contributed by atoms with van der Waals surface area (Å²) in [5.41, 5.74) is 1.51. The quantitative estimate of drug-likeness (QED) is 0.788. The molecule has 3 nitrogen and oxygen atoms in total. The normalized spacial score (nSPS) is 41.2. The number of β-lactam (4-membered cyclic amide) rings is 1. The summed E-state index contributed by atoms with van der Waals surface area (Å²) >= 11 is 0. The van der Waals surface area contributed by atoms with E-state index in [9.17, 15) is 4.79 Å². The predicted molar refractivity (Wildman–Crippen MR) is 87.1 cm³/mol. The highest BCUT2D eigenvalue weighted by Crippen LogP contribution is 2.63. The van der Waals surface area contributed by atoms with Crippen molar-refractivity contribution in [2.75, 3.05) is 0 Å². The van der Waals surface area contributed by atoms with E-state index in [1.165, 1.54) is 38.5 Å². The van der Waals surface area contributed by atoms with E-state index in [2.05, 4.69) is 12.1 Å². The molecule has 122 valence electrons. The van der Waals surface area contributed by atoms with Gasteiger partial charge in [0.1, 0.15) is 6.61 Å². The van der Waals surface area contributed by atoms with Gasteiger partial charge in [0.2, 0.25) is 5.91 Å². The summed E-state index contributed by atoms with van der Waals surface area (Å²) in [6.07, 6.45) is 9.06. The lowest BCUT2D eigenvalue weighted by atomic mass is 9.46. The van der Waals surface area contributed by atoms with Crippen LogP contribution in [0.1, 0.15) is 50.5 Å². The molecule has 1 amide bonds. The highest BCUT2D eigenvalue weighted by atomic mass is 16.7. The van der Waals surface area contributed by atoms with Crippen LogP contribution in [0.15, 0.2) is 30.3 Å². The van der Waals surface area contributed by atoms with Gasteiger partial charge < -0.3 is 0 Å². The Balaban J connectivity index is 1.32. The molecule has 1 unspecified atom stereocenters. The summed E-state index contributed by atoms with van der Waals surface area (Å²) in [4.78, 5) is 18.1. The summed E-state index contributed by atoms with van der Waals surface area (Å²) < 4.78 is 0. The zero-order valence-electron chi connectivity index (χ0n) is 13.6. The van der Waals surface area contributed by atoms with Crippen molar-refractivity contribution in [3.05, 3.63) is 35.9 Å². The number of hydrogen-bond donors (Lipinski definition) is 0. The lowest BCUT2D eigenvalue weighted by molar-refractivity contribution is -0.265. The molecule has 6 rings (SSSR count). The SMILES string of the molecule is O=C1CC(C23CC4CC(CC(C4)C2)C3)N1OCc1ccccc1.